The van der Waals surface area contributed by atoms with Crippen LogP contribution in [-0.2, 0) is 10.4 Å². The molecule has 22 heavy (non-hydrogen) atoms. The SMILES string of the molecule is CC(C)(O)c1ccc(OCC(=O)Nc2ccc(F)cc2)cc1. The molecule has 0 fully saturated rings. The number of carbonyl (C=O) groups is 1. The van der Waals surface area contributed by atoms with Gasteiger partial charge in [-0.2, -0.15) is 0 Å². The number of rotatable bonds is 5. The topological polar surface area (TPSA) is 58.6 Å². The standard InChI is InChI=1S/C17H18FNO3/c1-17(2,21)12-3-9-15(10-4-12)22-11-16(20)19-14-7-5-13(18)6-8-14/h3-10,21H,11H2,1-2H3,(H,19,20). The highest BCUT2D eigenvalue weighted by Gasteiger charge is 2.15. The van der Waals surface area contributed by atoms with Crippen LogP contribution in [0.5, 0.6) is 5.75 Å². The van der Waals surface area contributed by atoms with Gasteiger partial charge in [-0.05, 0) is 55.8 Å². The smallest absolute Gasteiger partial charge is 0.262 e. The second kappa shape index (κ2) is 6.58. The summed E-state index contributed by atoms with van der Waals surface area (Å²) in [5.74, 6) is -0.165. The Kier molecular flexibility index (Phi) is 4.78. The minimum absolute atomic E-state index is 0.154. The fraction of sp³-hybridized carbons (Fsp3) is 0.235. The molecule has 0 aliphatic carbocycles. The lowest BCUT2D eigenvalue weighted by Gasteiger charge is -2.17. The van der Waals surface area contributed by atoms with Crippen molar-refractivity contribution in [1.29, 1.82) is 0 Å². The first-order valence-electron chi connectivity index (χ1n) is 6.86. The maximum atomic E-state index is 12.8. The molecule has 0 aromatic heterocycles. The van der Waals surface area contributed by atoms with Crippen molar-refractivity contribution in [3.8, 4) is 5.75 Å². The van der Waals surface area contributed by atoms with Gasteiger partial charge in [0.1, 0.15) is 11.6 Å². The zero-order valence-electron chi connectivity index (χ0n) is 12.5. The van der Waals surface area contributed by atoms with Crippen LogP contribution in [0, 0.1) is 5.82 Å². The van der Waals surface area contributed by atoms with Crippen molar-refractivity contribution in [3.63, 3.8) is 0 Å². The maximum absolute atomic E-state index is 12.8. The summed E-state index contributed by atoms with van der Waals surface area (Å²) in [4.78, 5) is 11.7. The summed E-state index contributed by atoms with van der Waals surface area (Å²) in [7, 11) is 0. The predicted molar refractivity (Wildman–Crippen MR) is 82.2 cm³/mol. The molecule has 1 amide bonds. The van der Waals surface area contributed by atoms with E-state index in [0.717, 1.165) is 5.56 Å². The molecule has 0 bridgehead atoms. The van der Waals surface area contributed by atoms with Crippen LogP contribution in [0.4, 0.5) is 10.1 Å². The average molecular weight is 303 g/mol. The number of ether oxygens (including phenoxy) is 1. The zero-order valence-corrected chi connectivity index (χ0v) is 12.5. The van der Waals surface area contributed by atoms with E-state index < -0.39 is 5.60 Å². The Morgan fingerprint density at radius 3 is 2.27 bits per heavy atom. The number of benzene rings is 2. The van der Waals surface area contributed by atoms with E-state index in [1.54, 1.807) is 38.1 Å². The summed E-state index contributed by atoms with van der Waals surface area (Å²) >= 11 is 0. The van der Waals surface area contributed by atoms with Crippen molar-refractivity contribution in [2.45, 2.75) is 19.4 Å². The molecule has 0 aliphatic rings. The molecule has 2 aromatic rings. The molecule has 116 valence electrons. The summed E-state index contributed by atoms with van der Waals surface area (Å²) < 4.78 is 18.1. The van der Waals surface area contributed by atoms with E-state index in [1.807, 2.05) is 0 Å². The van der Waals surface area contributed by atoms with Crippen molar-refractivity contribution in [1.82, 2.24) is 0 Å². The Hall–Kier alpha value is -2.40. The second-order valence-electron chi connectivity index (χ2n) is 5.43. The minimum atomic E-state index is -0.918. The number of anilines is 1. The monoisotopic (exact) mass is 303 g/mol. The predicted octanol–water partition coefficient (Wildman–Crippen LogP) is 3.07. The van der Waals surface area contributed by atoms with Crippen LogP contribution in [0.15, 0.2) is 48.5 Å². The number of carbonyl (C=O) groups excluding carboxylic acids is 1. The molecule has 0 heterocycles. The lowest BCUT2D eigenvalue weighted by Crippen LogP contribution is -2.20. The third-order valence-corrected chi connectivity index (χ3v) is 3.06. The summed E-state index contributed by atoms with van der Waals surface area (Å²) in [6.45, 7) is 3.23. The van der Waals surface area contributed by atoms with Crippen LogP contribution in [0.2, 0.25) is 0 Å². The van der Waals surface area contributed by atoms with Crippen molar-refractivity contribution in [3.05, 3.63) is 59.9 Å². The molecular weight excluding hydrogens is 285 g/mol. The number of hydrogen-bond acceptors (Lipinski definition) is 3. The molecule has 2 aromatic carbocycles. The molecule has 0 aliphatic heterocycles. The Balaban J connectivity index is 1.87. The first kappa shape index (κ1) is 16.0. The van der Waals surface area contributed by atoms with Crippen LogP contribution in [0.1, 0.15) is 19.4 Å². The fourth-order valence-electron chi connectivity index (χ4n) is 1.84. The number of halogens is 1. The van der Waals surface area contributed by atoms with Crippen LogP contribution < -0.4 is 10.1 Å². The summed E-state index contributed by atoms with van der Waals surface area (Å²) in [5.41, 5.74) is 0.348. The molecule has 2 N–H and O–H groups in total. The molecular formula is C17H18FNO3. The van der Waals surface area contributed by atoms with Crippen molar-refractivity contribution in [2.75, 3.05) is 11.9 Å². The van der Waals surface area contributed by atoms with Gasteiger partial charge in [-0.25, -0.2) is 4.39 Å². The van der Waals surface area contributed by atoms with Gasteiger partial charge in [0, 0.05) is 5.69 Å². The molecule has 0 spiro atoms. The number of amides is 1. The van der Waals surface area contributed by atoms with Gasteiger partial charge in [0.05, 0.1) is 5.60 Å². The third-order valence-electron chi connectivity index (χ3n) is 3.06. The molecule has 0 unspecified atom stereocenters. The lowest BCUT2D eigenvalue weighted by molar-refractivity contribution is -0.118. The lowest BCUT2D eigenvalue weighted by atomic mass is 9.99. The molecule has 4 nitrogen and oxygen atoms in total. The van der Waals surface area contributed by atoms with Gasteiger partial charge in [0.25, 0.3) is 5.91 Å². The van der Waals surface area contributed by atoms with E-state index in [4.69, 9.17) is 4.74 Å². The van der Waals surface area contributed by atoms with Crippen molar-refractivity contribution in [2.24, 2.45) is 0 Å². The van der Waals surface area contributed by atoms with Crippen LogP contribution in [0.3, 0.4) is 0 Å². The van der Waals surface area contributed by atoms with Crippen LogP contribution >= 0.6 is 0 Å². The summed E-state index contributed by atoms with van der Waals surface area (Å²) in [5, 5.41) is 12.5. The Morgan fingerprint density at radius 1 is 1.14 bits per heavy atom. The first-order chi connectivity index (χ1) is 10.3. The van der Waals surface area contributed by atoms with Gasteiger partial charge in [-0.15, -0.1) is 0 Å². The van der Waals surface area contributed by atoms with E-state index in [-0.39, 0.29) is 18.3 Å². The maximum Gasteiger partial charge on any atom is 0.262 e. The number of hydrogen-bond donors (Lipinski definition) is 2. The largest absolute Gasteiger partial charge is 0.484 e. The average Bonchev–Trinajstić information content (AvgIpc) is 2.47. The van der Waals surface area contributed by atoms with Crippen LogP contribution in [-0.4, -0.2) is 17.6 Å². The number of nitrogens with one attached hydrogen (secondary N) is 1. The summed E-state index contributed by atoms with van der Waals surface area (Å²) in [6.07, 6.45) is 0. The first-order valence-corrected chi connectivity index (χ1v) is 6.86. The van der Waals surface area contributed by atoms with Gasteiger partial charge in [0.15, 0.2) is 6.61 Å². The Bertz CT molecular complexity index is 630. The van der Waals surface area contributed by atoms with Gasteiger partial charge >= 0.3 is 0 Å². The molecule has 0 radical (unpaired) electrons. The Labute approximate surface area is 128 Å². The molecule has 0 saturated carbocycles. The molecule has 5 heteroatoms. The molecule has 2 rings (SSSR count). The highest BCUT2D eigenvalue weighted by molar-refractivity contribution is 5.91. The zero-order chi connectivity index (χ0) is 16.2. The van der Waals surface area contributed by atoms with Gasteiger partial charge in [-0.3, -0.25) is 4.79 Å². The normalized spacial score (nSPS) is 11.1. The van der Waals surface area contributed by atoms with Crippen molar-refractivity contribution < 1.29 is 19.0 Å². The molecule has 0 saturated heterocycles. The highest BCUT2D eigenvalue weighted by atomic mass is 19.1. The molecule has 0 atom stereocenters. The van der Waals surface area contributed by atoms with Gasteiger partial charge in [-0.1, -0.05) is 12.1 Å². The van der Waals surface area contributed by atoms with Crippen molar-refractivity contribution >= 4 is 11.6 Å². The van der Waals surface area contributed by atoms with E-state index in [2.05, 4.69) is 5.32 Å². The van der Waals surface area contributed by atoms with Crippen LogP contribution in [0.25, 0.3) is 0 Å². The fourth-order valence-corrected chi connectivity index (χ4v) is 1.84. The minimum Gasteiger partial charge on any atom is -0.484 e. The van der Waals surface area contributed by atoms with Gasteiger partial charge < -0.3 is 15.2 Å². The second-order valence-corrected chi connectivity index (χ2v) is 5.43. The van der Waals surface area contributed by atoms with E-state index in [9.17, 15) is 14.3 Å². The third kappa shape index (κ3) is 4.56. The number of aliphatic hydroxyl groups is 1. The van der Waals surface area contributed by atoms with E-state index in [0.29, 0.717) is 11.4 Å². The highest BCUT2D eigenvalue weighted by Crippen LogP contribution is 2.22. The van der Waals surface area contributed by atoms with Gasteiger partial charge in [0.2, 0.25) is 0 Å². The quantitative estimate of drug-likeness (QED) is 0.892. The summed E-state index contributed by atoms with van der Waals surface area (Å²) in [6, 6.07) is 12.4. The van der Waals surface area contributed by atoms with E-state index in [1.165, 1.54) is 24.3 Å². The van der Waals surface area contributed by atoms with E-state index >= 15 is 0 Å². The Morgan fingerprint density at radius 2 is 1.73 bits per heavy atom.